The fourth-order valence-electron chi connectivity index (χ4n) is 1.44. The number of aliphatic hydroxyl groups is 1. The van der Waals surface area contributed by atoms with Crippen LogP contribution in [-0.4, -0.2) is 36.3 Å². The van der Waals surface area contributed by atoms with Crippen molar-refractivity contribution in [2.45, 2.75) is 19.3 Å². The molecule has 0 fully saturated rings. The van der Waals surface area contributed by atoms with Crippen LogP contribution in [0.25, 0.3) is 0 Å². The summed E-state index contributed by atoms with van der Waals surface area (Å²) in [4.78, 5) is 15.7. The van der Waals surface area contributed by atoms with Gasteiger partial charge >= 0.3 is 0 Å². The highest BCUT2D eigenvalue weighted by atomic mass is 16.5. The molecule has 0 saturated carbocycles. The second kappa shape index (κ2) is 7.62. The molecule has 0 atom stereocenters. The third-order valence-electron chi connectivity index (χ3n) is 2.33. The molecule has 0 unspecified atom stereocenters. The Morgan fingerprint density at radius 2 is 2.29 bits per heavy atom. The maximum Gasteiger partial charge on any atom is 0.256 e. The summed E-state index contributed by atoms with van der Waals surface area (Å²) in [5, 5.41) is 11.4. The van der Waals surface area contributed by atoms with Crippen molar-refractivity contribution < 1.29 is 14.6 Å². The van der Waals surface area contributed by atoms with E-state index in [1.54, 1.807) is 18.3 Å². The summed E-state index contributed by atoms with van der Waals surface area (Å²) < 4.78 is 5.01. The highest BCUT2D eigenvalue weighted by molar-refractivity contribution is 5.96. The van der Waals surface area contributed by atoms with Crippen molar-refractivity contribution in [2.24, 2.45) is 0 Å². The Kier molecular flexibility index (Phi) is 6.03. The van der Waals surface area contributed by atoms with Crippen molar-refractivity contribution in [2.75, 3.05) is 20.3 Å². The molecule has 0 aliphatic rings. The van der Waals surface area contributed by atoms with Gasteiger partial charge in [-0.2, -0.15) is 0 Å². The molecule has 1 aromatic rings. The van der Waals surface area contributed by atoms with Crippen LogP contribution in [0, 0.1) is 0 Å². The van der Waals surface area contributed by atoms with Gasteiger partial charge in [0.15, 0.2) is 0 Å². The van der Waals surface area contributed by atoms with Crippen molar-refractivity contribution in [3.63, 3.8) is 0 Å². The maximum atomic E-state index is 11.8. The number of nitrogens with one attached hydrogen (secondary N) is 1. The number of carbonyl (C=O) groups is 1. The molecule has 1 rings (SSSR count). The van der Waals surface area contributed by atoms with Crippen LogP contribution in [0.5, 0.6) is 5.88 Å². The molecular weight excluding hydrogens is 220 g/mol. The Labute approximate surface area is 101 Å². The van der Waals surface area contributed by atoms with Gasteiger partial charge in [-0.15, -0.1) is 0 Å². The van der Waals surface area contributed by atoms with E-state index < -0.39 is 0 Å². The molecule has 0 bridgehead atoms. The van der Waals surface area contributed by atoms with Crippen molar-refractivity contribution in [1.29, 1.82) is 0 Å². The lowest BCUT2D eigenvalue weighted by Gasteiger charge is -2.07. The number of nitrogens with zero attached hydrogens (tertiary/aromatic N) is 1. The lowest BCUT2D eigenvalue weighted by atomic mass is 10.2. The molecule has 0 spiro atoms. The van der Waals surface area contributed by atoms with Crippen molar-refractivity contribution >= 4 is 5.91 Å². The summed E-state index contributed by atoms with van der Waals surface area (Å²) in [5.41, 5.74) is 0.442. The van der Waals surface area contributed by atoms with Crippen LogP contribution in [0.15, 0.2) is 18.3 Å². The Hall–Kier alpha value is -1.62. The van der Waals surface area contributed by atoms with Crippen LogP contribution in [0.3, 0.4) is 0 Å². The zero-order valence-electron chi connectivity index (χ0n) is 9.98. The number of methoxy groups -OCH3 is 1. The molecule has 0 aromatic carbocycles. The molecule has 1 heterocycles. The number of carbonyl (C=O) groups excluding carboxylic acids is 1. The van der Waals surface area contributed by atoms with E-state index >= 15 is 0 Å². The van der Waals surface area contributed by atoms with Gasteiger partial charge in [0.05, 0.1) is 7.11 Å². The summed E-state index contributed by atoms with van der Waals surface area (Å²) in [6.07, 6.45) is 4.11. The van der Waals surface area contributed by atoms with Gasteiger partial charge in [0, 0.05) is 19.3 Å². The van der Waals surface area contributed by atoms with Crippen LogP contribution >= 0.6 is 0 Å². The van der Waals surface area contributed by atoms with E-state index in [0.717, 1.165) is 19.3 Å². The number of aliphatic hydroxyl groups excluding tert-OH is 1. The number of hydrogen-bond acceptors (Lipinski definition) is 4. The third kappa shape index (κ3) is 4.40. The Balaban J connectivity index is 2.41. The normalized spacial score (nSPS) is 10.0. The zero-order chi connectivity index (χ0) is 12.5. The zero-order valence-corrected chi connectivity index (χ0v) is 9.98. The van der Waals surface area contributed by atoms with Crippen molar-refractivity contribution in [3.8, 4) is 5.88 Å². The van der Waals surface area contributed by atoms with E-state index in [1.807, 2.05) is 0 Å². The Morgan fingerprint density at radius 3 is 3.00 bits per heavy atom. The number of ether oxygens (including phenoxy) is 1. The van der Waals surface area contributed by atoms with Crippen molar-refractivity contribution in [1.82, 2.24) is 10.3 Å². The van der Waals surface area contributed by atoms with E-state index in [4.69, 9.17) is 9.84 Å². The minimum absolute atomic E-state index is 0.182. The number of aromatic nitrogens is 1. The first-order valence-electron chi connectivity index (χ1n) is 5.67. The van der Waals surface area contributed by atoms with Gasteiger partial charge in [0.1, 0.15) is 5.56 Å². The number of pyridine rings is 1. The summed E-state index contributed by atoms with van der Waals surface area (Å²) in [5.74, 6) is 0.152. The van der Waals surface area contributed by atoms with Crippen LogP contribution in [0.2, 0.25) is 0 Å². The second-order valence-electron chi connectivity index (χ2n) is 3.60. The first kappa shape index (κ1) is 13.4. The molecular formula is C12H18N2O3. The predicted octanol–water partition coefficient (Wildman–Crippen LogP) is 0.983. The SMILES string of the molecule is COc1ncccc1C(=O)NCCCCCO. The molecule has 94 valence electrons. The fourth-order valence-corrected chi connectivity index (χ4v) is 1.44. The van der Waals surface area contributed by atoms with Gasteiger partial charge in [-0.3, -0.25) is 4.79 Å². The average Bonchev–Trinajstić information content (AvgIpc) is 2.38. The third-order valence-corrected chi connectivity index (χ3v) is 2.33. The average molecular weight is 238 g/mol. The summed E-state index contributed by atoms with van der Waals surface area (Å²) in [6, 6.07) is 3.37. The van der Waals surface area contributed by atoms with Gasteiger partial charge in [0.2, 0.25) is 5.88 Å². The molecule has 5 heteroatoms. The molecule has 0 saturated heterocycles. The molecule has 2 N–H and O–H groups in total. The lowest BCUT2D eigenvalue weighted by molar-refractivity contribution is 0.0949. The minimum atomic E-state index is -0.182. The Bertz CT molecular complexity index is 355. The lowest BCUT2D eigenvalue weighted by Crippen LogP contribution is -2.25. The molecule has 0 radical (unpaired) electrons. The van der Waals surface area contributed by atoms with E-state index in [9.17, 15) is 4.79 Å². The van der Waals surface area contributed by atoms with Crippen LogP contribution in [0.1, 0.15) is 29.6 Å². The van der Waals surface area contributed by atoms with Crippen LogP contribution < -0.4 is 10.1 Å². The molecule has 0 aliphatic carbocycles. The summed E-state index contributed by atoms with van der Waals surface area (Å²) >= 11 is 0. The second-order valence-corrected chi connectivity index (χ2v) is 3.60. The molecule has 1 amide bonds. The van der Waals surface area contributed by atoms with Crippen LogP contribution in [0.4, 0.5) is 0 Å². The molecule has 0 aliphatic heterocycles. The number of amides is 1. The topological polar surface area (TPSA) is 71.5 Å². The van der Waals surface area contributed by atoms with Gasteiger partial charge in [-0.05, 0) is 31.4 Å². The minimum Gasteiger partial charge on any atom is -0.480 e. The van der Waals surface area contributed by atoms with Gasteiger partial charge in [0.25, 0.3) is 5.91 Å². The van der Waals surface area contributed by atoms with Crippen molar-refractivity contribution in [3.05, 3.63) is 23.9 Å². The smallest absolute Gasteiger partial charge is 0.256 e. The first-order chi connectivity index (χ1) is 8.29. The maximum absolute atomic E-state index is 11.8. The molecule has 1 aromatic heterocycles. The Morgan fingerprint density at radius 1 is 1.47 bits per heavy atom. The number of rotatable bonds is 7. The highest BCUT2D eigenvalue weighted by Gasteiger charge is 2.11. The standard InChI is InChI=1S/C12H18N2O3/c1-17-12-10(6-5-8-14-12)11(16)13-7-3-2-4-9-15/h5-6,8,15H,2-4,7,9H2,1H3,(H,13,16). The highest BCUT2D eigenvalue weighted by Crippen LogP contribution is 2.12. The van der Waals surface area contributed by atoms with E-state index in [0.29, 0.717) is 18.0 Å². The number of hydrogen-bond donors (Lipinski definition) is 2. The largest absolute Gasteiger partial charge is 0.480 e. The fraction of sp³-hybridized carbons (Fsp3) is 0.500. The van der Waals surface area contributed by atoms with E-state index in [-0.39, 0.29) is 12.5 Å². The summed E-state index contributed by atoms with van der Waals surface area (Å²) in [7, 11) is 1.49. The molecule has 17 heavy (non-hydrogen) atoms. The quantitative estimate of drug-likeness (QED) is 0.695. The van der Waals surface area contributed by atoms with Crippen LogP contribution in [-0.2, 0) is 0 Å². The predicted molar refractivity (Wildman–Crippen MR) is 64.1 cm³/mol. The van der Waals surface area contributed by atoms with E-state index in [2.05, 4.69) is 10.3 Å². The summed E-state index contributed by atoms with van der Waals surface area (Å²) in [6.45, 7) is 0.793. The van der Waals surface area contributed by atoms with Gasteiger partial charge in [-0.1, -0.05) is 0 Å². The van der Waals surface area contributed by atoms with E-state index in [1.165, 1.54) is 7.11 Å². The molecule has 5 nitrogen and oxygen atoms in total. The van der Waals surface area contributed by atoms with Gasteiger partial charge in [-0.25, -0.2) is 4.98 Å². The number of unbranched alkanes of at least 4 members (excludes halogenated alkanes) is 2. The first-order valence-corrected chi connectivity index (χ1v) is 5.67. The van der Waals surface area contributed by atoms with Gasteiger partial charge < -0.3 is 15.2 Å². The monoisotopic (exact) mass is 238 g/mol.